The Morgan fingerprint density at radius 3 is 2.47 bits per heavy atom. The van der Waals surface area contributed by atoms with E-state index in [1.807, 2.05) is 18.2 Å². The number of methoxy groups -OCH3 is 1. The molecule has 0 aliphatic carbocycles. The average molecular weight is 264 g/mol. The molecular weight excluding hydrogens is 248 g/mol. The monoisotopic (exact) mass is 264 g/mol. The van der Waals surface area contributed by atoms with E-state index in [1.165, 1.54) is 7.11 Å². The lowest BCUT2D eigenvalue weighted by atomic mass is 10.1. The highest BCUT2D eigenvalue weighted by Gasteiger charge is 2.47. The summed E-state index contributed by atoms with van der Waals surface area (Å²) in [7, 11) is 1.38. The summed E-state index contributed by atoms with van der Waals surface area (Å²) in [6, 6.07) is 8.96. The van der Waals surface area contributed by atoms with Crippen LogP contribution >= 0.6 is 0 Å². The Bertz CT molecular complexity index is 441. The first-order valence-corrected chi connectivity index (χ1v) is 5.89. The van der Waals surface area contributed by atoms with Gasteiger partial charge in [-0.2, -0.15) is 0 Å². The van der Waals surface area contributed by atoms with Crippen molar-refractivity contribution in [1.82, 2.24) is 0 Å². The third-order valence-corrected chi connectivity index (χ3v) is 2.96. The first kappa shape index (κ1) is 13.8. The number of para-hydroxylation sites is 1. The summed E-state index contributed by atoms with van der Waals surface area (Å²) in [5, 5.41) is 19.6. The second kappa shape index (κ2) is 6.04. The minimum atomic E-state index is -1.16. The third kappa shape index (κ3) is 2.88. The van der Waals surface area contributed by atoms with Crippen LogP contribution in [0.3, 0.4) is 0 Å². The molecule has 1 saturated heterocycles. The molecule has 2 rings (SSSR count). The van der Waals surface area contributed by atoms with Gasteiger partial charge in [-0.25, -0.2) is 0 Å². The predicted molar refractivity (Wildman–Crippen MR) is 67.4 cm³/mol. The van der Waals surface area contributed by atoms with E-state index in [0.29, 0.717) is 5.75 Å². The highest BCUT2D eigenvalue weighted by Crippen LogP contribution is 2.26. The van der Waals surface area contributed by atoms with Gasteiger partial charge in [0.05, 0.1) is 0 Å². The van der Waals surface area contributed by atoms with Gasteiger partial charge in [0.15, 0.2) is 12.4 Å². The van der Waals surface area contributed by atoms with Crippen LogP contribution in [-0.4, -0.2) is 48.0 Å². The Morgan fingerprint density at radius 1 is 1.26 bits per heavy atom. The number of aliphatic hydroxyl groups is 2. The van der Waals surface area contributed by atoms with Gasteiger partial charge in [0.25, 0.3) is 0 Å². The molecule has 0 amide bonds. The lowest BCUT2D eigenvalue weighted by Crippen LogP contribution is -2.41. The second-order valence-electron chi connectivity index (χ2n) is 4.20. The summed E-state index contributed by atoms with van der Waals surface area (Å²) < 4.78 is 15.9. The molecule has 0 radical (unpaired) electrons. The normalized spacial score (nSPS) is 31.7. The Kier molecular flexibility index (Phi) is 4.40. The zero-order chi connectivity index (χ0) is 13.8. The van der Waals surface area contributed by atoms with Crippen LogP contribution in [0, 0.1) is 12.3 Å². The van der Waals surface area contributed by atoms with Gasteiger partial charge in [-0.3, -0.25) is 0 Å². The topological polar surface area (TPSA) is 68.2 Å². The van der Waals surface area contributed by atoms with Crippen molar-refractivity contribution in [3.05, 3.63) is 30.3 Å². The van der Waals surface area contributed by atoms with E-state index < -0.39 is 30.7 Å². The molecular formula is C14H16O5. The molecule has 102 valence electrons. The van der Waals surface area contributed by atoms with Crippen LogP contribution < -0.4 is 4.74 Å². The molecule has 1 aliphatic heterocycles. The molecule has 0 spiro atoms. The van der Waals surface area contributed by atoms with Crippen LogP contribution in [0.15, 0.2) is 30.3 Å². The fourth-order valence-electron chi connectivity index (χ4n) is 1.96. The van der Waals surface area contributed by atoms with Crippen LogP contribution in [0.1, 0.15) is 0 Å². The highest BCUT2D eigenvalue weighted by molar-refractivity contribution is 5.23. The summed E-state index contributed by atoms with van der Waals surface area (Å²) in [5.41, 5.74) is 0. The largest absolute Gasteiger partial charge is 0.475 e. The number of ether oxygens (including phenoxy) is 3. The Balaban J connectivity index is 2.09. The summed E-state index contributed by atoms with van der Waals surface area (Å²) in [6.07, 6.45) is 0.538. The van der Waals surface area contributed by atoms with Crippen molar-refractivity contribution >= 4 is 0 Å². The van der Waals surface area contributed by atoms with E-state index in [4.69, 9.17) is 20.6 Å². The zero-order valence-electron chi connectivity index (χ0n) is 10.5. The number of hydrogen-bond acceptors (Lipinski definition) is 5. The maximum Gasteiger partial charge on any atom is 0.187 e. The molecule has 5 heteroatoms. The second-order valence-corrected chi connectivity index (χ2v) is 4.20. The van der Waals surface area contributed by atoms with Crippen molar-refractivity contribution in [3.63, 3.8) is 0 Å². The SMILES string of the molecule is C#C[C@H](Oc1ccccc1)[C@H]1O[C@H](OC)[C@@H](O)[C@@H]1O. The van der Waals surface area contributed by atoms with Gasteiger partial charge in [-0.1, -0.05) is 24.1 Å². The molecule has 1 aliphatic rings. The van der Waals surface area contributed by atoms with Crippen LogP contribution in [-0.2, 0) is 9.47 Å². The quantitative estimate of drug-likeness (QED) is 0.758. The van der Waals surface area contributed by atoms with E-state index >= 15 is 0 Å². The summed E-state index contributed by atoms with van der Waals surface area (Å²) in [6.45, 7) is 0. The van der Waals surface area contributed by atoms with Crippen molar-refractivity contribution in [1.29, 1.82) is 0 Å². The number of terminal acetylenes is 1. The Labute approximate surface area is 111 Å². The molecule has 1 aromatic carbocycles. The summed E-state index contributed by atoms with van der Waals surface area (Å²) in [4.78, 5) is 0. The van der Waals surface area contributed by atoms with E-state index in [9.17, 15) is 10.2 Å². The molecule has 1 aromatic rings. The lowest BCUT2D eigenvalue weighted by molar-refractivity contribution is -0.156. The standard InChI is InChI=1S/C14H16O5/c1-3-10(18-9-7-5-4-6-8-9)13-11(15)12(16)14(17-2)19-13/h1,4-8,10-16H,2H3/t10-,11-,12-,13+,14-/m0/s1. The van der Waals surface area contributed by atoms with Crippen molar-refractivity contribution in [3.8, 4) is 18.1 Å². The number of rotatable bonds is 4. The van der Waals surface area contributed by atoms with Crippen LogP contribution in [0.5, 0.6) is 5.75 Å². The van der Waals surface area contributed by atoms with Gasteiger partial charge >= 0.3 is 0 Å². The maximum atomic E-state index is 9.91. The molecule has 2 N–H and O–H groups in total. The first-order chi connectivity index (χ1) is 9.17. The molecule has 0 saturated carbocycles. The molecule has 0 unspecified atom stereocenters. The highest BCUT2D eigenvalue weighted by atomic mass is 16.7. The molecule has 5 nitrogen and oxygen atoms in total. The fourth-order valence-corrected chi connectivity index (χ4v) is 1.96. The van der Waals surface area contributed by atoms with Crippen LogP contribution in [0.4, 0.5) is 0 Å². The molecule has 1 fully saturated rings. The van der Waals surface area contributed by atoms with Gasteiger partial charge in [-0.05, 0) is 12.1 Å². The number of hydrogen-bond donors (Lipinski definition) is 2. The van der Waals surface area contributed by atoms with E-state index in [-0.39, 0.29) is 0 Å². The Morgan fingerprint density at radius 2 is 1.95 bits per heavy atom. The van der Waals surface area contributed by atoms with E-state index in [2.05, 4.69) is 5.92 Å². The van der Waals surface area contributed by atoms with Gasteiger partial charge in [0, 0.05) is 7.11 Å². The molecule has 5 atom stereocenters. The number of benzene rings is 1. The van der Waals surface area contributed by atoms with Gasteiger partial charge in [0.1, 0.15) is 24.1 Å². The van der Waals surface area contributed by atoms with E-state index in [1.54, 1.807) is 12.1 Å². The molecule has 0 aromatic heterocycles. The first-order valence-electron chi connectivity index (χ1n) is 5.89. The van der Waals surface area contributed by atoms with Gasteiger partial charge < -0.3 is 24.4 Å². The van der Waals surface area contributed by atoms with Crippen LogP contribution in [0.25, 0.3) is 0 Å². The summed E-state index contributed by atoms with van der Waals surface area (Å²) in [5.74, 6) is 2.98. The van der Waals surface area contributed by atoms with Crippen molar-refractivity contribution in [2.45, 2.75) is 30.7 Å². The molecule has 19 heavy (non-hydrogen) atoms. The van der Waals surface area contributed by atoms with Crippen LogP contribution in [0.2, 0.25) is 0 Å². The Hall–Kier alpha value is -1.58. The van der Waals surface area contributed by atoms with Crippen molar-refractivity contribution in [2.75, 3.05) is 7.11 Å². The fraction of sp³-hybridized carbons (Fsp3) is 0.429. The average Bonchev–Trinajstić information content (AvgIpc) is 2.73. The van der Waals surface area contributed by atoms with E-state index in [0.717, 1.165) is 0 Å². The summed E-state index contributed by atoms with van der Waals surface area (Å²) >= 11 is 0. The smallest absolute Gasteiger partial charge is 0.187 e. The number of aliphatic hydroxyl groups excluding tert-OH is 2. The third-order valence-electron chi connectivity index (χ3n) is 2.96. The zero-order valence-corrected chi connectivity index (χ0v) is 10.5. The predicted octanol–water partition coefficient (Wildman–Crippen LogP) is 0.160. The van der Waals surface area contributed by atoms with Gasteiger partial charge in [-0.15, -0.1) is 6.42 Å². The lowest BCUT2D eigenvalue weighted by Gasteiger charge is -2.22. The van der Waals surface area contributed by atoms with Gasteiger partial charge in [0.2, 0.25) is 0 Å². The molecule has 1 heterocycles. The van der Waals surface area contributed by atoms with Crippen molar-refractivity contribution in [2.24, 2.45) is 0 Å². The van der Waals surface area contributed by atoms with Crippen molar-refractivity contribution < 1.29 is 24.4 Å². The molecule has 0 bridgehead atoms. The minimum absolute atomic E-state index is 0.566. The maximum absolute atomic E-state index is 9.91. The minimum Gasteiger partial charge on any atom is -0.475 e.